The normalized spacial score (nSPS) is 25.8. The minimum atomic E-state index is -1.18. The van der Waals surface area contributed by atoms with Crippen LogP contribution >= 0.6 is 11.8 Å². The quantitative estimate of drug-likeness (QED) is 0.691. The Hall–Kier alpha value is -1.54. The number of hydrogen-bond acceptors (Lipinski definition) is 5. The van der Waals surface area contributed by atoms with Crippen LogP contribution in [0.15, 0.2) is 11.3 Å². The lowest BCUT2D eigenvalue weighted by Crippen LogP contribution is -2.57. The van der Waals surface area contributed by atoms with Crippen LogP contribution in [0.2, 0.25) is 0 Å². The fourth-order valence-electron chi connectivity index (χ4n) is 2.13. The van der Waals surface area contributed by atoms with Crippen molar-refractivity contribution in [1.82, 2.24) is 10.2 Å². The third kappa shape index (κ3) is 2.45. The molecule has 0 saturated carbocycles. The van der Waals surface area contributed by atoms with E-state index in [4.69, 9.17) is 4.74 Å². The number of carbonyl (C=O) groups is 3. The van der Waals surface area contributed by atoms with E-state index in [-0.39, 0.29) is 35.9 Å². The summed E-state index contributed by atoms with van der Waals surface area (Å²) < 4.78 is 4.99. The molecule has 8 heteroatoms. The van der Waals surface area contributed by atoms with Crippen LogP contribution in [0, 0.1) is 0 Å². The van der Waals surface area contributed by atoms with Gasteiger partial charge in [0.05, 0.1) is 18.4 Å². The molecule has 1 unspecified atom stereocenters. The Kier molecular flexibility index (Phi) is 3.81. The van der Waals surface area contributed by atoms with Crippen molar-refractivity contribution < 1.29 is 24.2 Å². The second kappa shape index (κ2) is 5.22. The SMILES string of the molecule is COCC1=C(C(=O)O)N2C(=O)C[C@H]2SC1NC(C)=O. The van der Waals surface area contributed by atoms with Gasteiger partial charge in [0.1, 0.15) is 11.1 Å². The predicted molar refractivity (Wildman–Crippen MR) is 67.0 cm³/mol. The second-order valence-electron chi connectivity index (χ2n) is 4.25. The highest BCUT2D eigenvalue weighted by atomic mass is 32.2. The number of β-lactam (4-membered cyclic amide) rings is 1. The van der Waals surface area contributed by atoms with E-state index in [1.807, 2.05) is 0 Å². The number of carboxylic acid groups (broad SMARTS) is 1. The fraction of sp³-hybridized carbons (Fsp3) is 0.545. The van der Waals surface area contributed by atoms with Gasteiger partial charge in [-0.15, -0.1) is 11.8 Å². The maximum atomic E-state index is 11.5. The molecule has 0 aromatic heterocycles. The van der Waals surface area contributed by atoms with Gasteiger partial charge in [-0.1, -0.05) is 0 Å². The van der Waals surface area contributed by atoms with Crippen LogP contribution < -0.4 is 5.32 Å². The topological polar surface area (TPSA) is 95.9 Å². The Morgan fingerprint density at radius 3 is 2.74 bits per heavy atom. The van der Waals surface area contributed by atoms with Gasteiger partial charge in [0.15, 0.2) is 0 Å². The van der Waals surface area contributed by atoms with Gasteiger partial charge in [-0.2, -0.15) is 0 Å². The molecule has 19 heavy (non-hydrogen) atoms. The summed E-state index contributed by atoms with van der Waals surface area (Å²) in [6.07, 6.45) is 0.289. The Labute approximate surface area is 114 Å². The Morgan fingerprint density at radius 1 is 1.58 bits per heavy atom. The van der Waals surface area contributed by atoms with E-state index in [1.54, 1.807) is 0 Å². The molecule has 2 N–H and O–H groups in total. The lowest BCUT2D eigenvalue weighted by atomic mass is 10.1. The number of carboxylic acids is 1. The zero-order valence-corrected chi connectivity index (χ0v) is 11.3. The number of ether oxygens (including phenoxy) is 1. The highest BCUT2D eigenvalue weighted by Crippen LogP contribution is 2.43. The Bertz CT molecular complexity index is 476. The van der Waals surface area contributed by atoms with E-state index in [0.717, 1.165) is 0 Å². The average Bonchev–Trinajstić information content (AvgIpc) is 2.30. The number of nitrogens with zero attached hydrogens (tertiary/aromatic N) is 1. The number of thioether (sulfide) groups is 1. The molecule has 2 amide bonds. The zero-order valence-electron chi connectivity index (χ0n) is 10.5. The number of fused-ring (bicyclic) bond motifs is 1. The number of methoxy groups -OCH3 is 1. The average molecular weight is 286 g/mol. The third-order valence-corrected chi connectivity index (χ3v) is 4.26. The molecule has 2 heterocycles. The Morgan fingerprint density at radius 2 is 2.26 bits per heavy atom. The fourth-order valence-corrected chi connectivity index (χ4v) is 3.60. The molecule has 0 spiro atoms. The first-order chi connectivity index (χ1) is 8.95. The van der Waals surface area contributed by atoms with E-state index in [0.29, 0.717) is 5.57 Å². The monoisotopic (exact) mass is 286 g/mol. The highest BCUT2D eigenvalue weighted by Gasteiger charge is 2.48. The van der Waals surface area contributed by atoms with Crippen molar-refractivity contribution in [2.24, 2.45) is 0 Å². The number of aliphatic carboxylic acids is 1. The van der Waals surface area contributed by atoms with Gasteiger partial charge in [0.2, 0.25) is 11.8 Å². The zero-order chi connectivity index (χ0) is 14.2. The molecule has 2 aliphatic heterocycles. The van der Waals surface area contributed by atoms with Gasteiger partial charge in [0, 0.05) is 19.6 Å². The summed E-state index contributed by atoms with van der Waals surface area (Å²) in [4.78, 5) is 35.4. The minimum Gasteiger partial charge on any atom is -0.477 e. The van der Waals surface area contributed by atoms with Gasteiger partial charge in [0.25, 0.3) is 0 Å². The number of amides is 2. The maximum absolute atomic E-state index is 11.5. The van der Waals surface area contributed by atoms with Gasteiger partial charge in [-0.05, 0) is 0 Å². The highest BCUT2D eigenvalue weighted by molar-refractivity contribution is 8.00. The summed E-state index contributed by atoms with van der Waals surface area (Å²) in [7, 11) is 1.44. The van der Waals surface area contributed by atoms with E-state index in [2.05, 4.69) is 5.32 Å². The summed E-state index contributed by atoms with van der Waals surface area (Å²) >= 11 is 1.35. The third-order valence-electron chi connectivity index (χ3n) is 2.90. The molecular weight excluding hydrogens is 272 g/mol. The Balaban J connectivity index is 2.40. The van der Waals surface area contributed by atoms with E-state index < -0.39 is 11.3 Å². The molecule has 0 aromatic carbocycles. The van der Waals surface area contributed by atoms with Crippen molar-refractivity contribution in [3.8, 4) is 0 Å². The lowest BCUT2D eigenvalue weighted by Gasteiger charge is -2.46. The summed E-state index contributed by atoms with van der Waals surface area (Å²) in [6, 6.07) is 0. The number of hydrogen-bond donors (Lipinski definition) is 2. The van der Waals surface area contributed by atoms with Crippen molar-refractivity contribution in [2.45, 2.75) is 24.1 Å². The largest absolute Gasteiger partial charge is 0.477 e. The van der Waals surface area contributed by atoms with Crippen molar-refractivity contribution in [1.29, 1.82) is 0 Å². The van der Waals surface area contributed by atoms with Crippen LogP contribution in [0.4, 0.5) is 0 Å². The van der Waals surface area contributed by atoms with Crippen LogP contribution in [-0.4, -0.2) is 52.3 Å². The molecule has 0 bridgehead atoms. The van der Waals surface area contributed by atoms with Crippen LogP contribution in [0.3, 0.4) is 0 Å². The molecule has 7 nitrogen and oxygen atoms in total. The van der Waals surface area contributed by atoms with Crippen molar-refractivity contribution >= 4 is 29.5 Å². The molecule has 104 valence electrons. The molecular formula is C11H14N2O5S. The van der Waals surface area contributed by atoms with E-state index >= 15 is 0 Å². The van der Waals surface area contributed by atoms with Crippen molar-refractivity contribution in [3.05, 3.63) is 11.3 Å². The molecule has 2 atom stereocenters. The van der Waals surface area contributed by atoms with Gasteiger partial charge >= 0.3 is 5.97 Å². The van der Waals surface area contributed by atoms with E-state index in [1.165, 1.54) is 30.7 Å². The maximum Gasteiger partial charge on any atom is 0.352 e. The first kappa shape index (κ1) is 13.9. The lowest BCUT2D eigenvalue weighted by molar-refractivity contribution is -0.146. The second-order valence-corrected chi connectivity index (χ2v) is 5.54. The summed E-state index contributed by atoms with van der Waals surface area (Å²) in [6.45, 7) is 1.42. The minimum absolute atomic E-state index is 0.0517. The molecule has 1 fully saturated rings. The van der Waals surface area contributed by atoms with Crippen LogP contribution in [0.5, 0.6) is 0 Å². The molecule has 1 saturated heterocycles. The van der Waals surface area contributed by atoms with Crippen LogP contribution in [0.1, 0.15) is 13.3 Å². The molecule has 2 rings (SSSR count). The van der Waals surface area contributed by atoms with Crippen molar-refractivity contribution in [3.63, 3.8) is 0 Å². The van der Waals surface area contributed by atoms with Gasteiger partial charge in [-0.3, -0.25) is 14.5 Å². The van der Waals surface area contributed by atoms with Crippen molar-refractivity contribution in [2.75, 3.05) is 13.7 Å². The van der Waals surface area contributed by atoms with Crippen LogP contribution in [0.25, 0.3) is 0 Å². The predicted octanol–water partition coefficient (Wildman–Crippen LogP) is -0.261. The smallest absolute Gasteiger partial charge is 0.352 e. The molecule has 2 aliphatic rings. The molecule has 0 aromatic rings. The van der Waals surface area contributed by atoms with Crippen LogP contribution in [-0.2, 0) is 19.1 Å². The number of nitrogens with one attached hydrogen (secondary N) is 1. The standard InChI is InChI=1S/C11H14N2O5S/c1-5(14)12-10-6(4-18-2)9(11(16)17)13-7(15)3-8(13)19-10/h8,10H,3-4H2,1-2H3,(H,12,14)(H,16,17)/t8-,10?/m1/s1. The number of rotatable bonds is 4. The van der Waals surface area contributed by atoms with E-state index in [9.17, 15) is 19.5 Å². The first-order valence-corrected chi connectivity index (χ1v) is 6.60. The van der Waals surface area contributed by atoms with Gasteiger partial charge in [-0.25, -0.2) is 4.79 Å². The summed E-state index contributed by atoms with van der Waals surface area (Å²) in [5.41, 5.74) is 0.333. The van der Waals surface area contributed by atoms with Gasteiger partial charge < -0.3 is 15.2 Å². The first-order valence-electron chi connectivity index (χ1n) is 5.65. The molecule has 0 radical (unpaired) electrons. The summed E-state index contributed by atoms with van der Waals surface area (Å²) in [5, 5.41) is 11.3. The number of carbonyl (C=O) groups excluding carboxylic acids is 2. The molecule has 0 aliphatic carbocycles. The summed E-state index contributed by atoms with van der Waals surface area (Å²) in [5.74, 6) is -1.65.